The molecule has 2 heteroatoms. The molecule has 16 heavy (non-hydrogen) atoms. The molecule has 0 aliphatic heterocycles. The van der Waals surface area contributed by atoms with Gasteiger partial charge in [0.05, 0.1) is 7.11 Å². The molecular weight excluding hydrogens is 200 g/mol. The van der Waals surface area contributed by atoms with Gasteiger partial charge in [-0.25, -0.2) is 0 Å². The molecule has 1 aromatic rings. The lowest BCUT2D eigenvalue weighted by atomic mass is 10.1. The zero-order valence-corrected chi connectivity index (χ0v) is 10.4. The maximum atomic E-state index is 5.53. The van der Waals surface area contributed by atoms with Gasteiger partial charge in [-0.2, -0.15) is 0 Å². The molecule has 0 spiro atoms. The number of benzene rings is 1. The lowest BCUT2D eigenvalue weighted by Gasteiger charge is -2.08. The average molecular weight is 222 g/mol. The fourth-order valence-corrected chi connectivity index (χ4v) is 1.62. The molecule has 0 amide bonds. The summed E-state index contributed by atoms with van der Waals surface area (Å²) in [6.07, 6.45) is 4.45. The van der Waals surface area contributed by atoms with Gasteiger partial charge in [0.25, 0.3) is 0 Å². The van der Waals surface area contributed by atoms with E-state index in [0.29, 0.717) is 0 Å². The van der Waals surface area contributed by atoms with E-state index in [1.54, 1.807) is 7.11 Å². The second-order valence-electron chi connectivity index (χ2n) is 3.88. The van der Waals surface area contributed by atoms with Crippen LogP contribution in [0.25, 0.3) is 0 Å². The van der Waals surface area contributed by atoms with E-state index < -0.39 is 0 Å². The van der Waals surface area contributed by atoms with Crippen molar-refractivity contribution in [3.63, 3.8) is 0 Å². The van der Waals surface area contributed by atoms with Crippen LogP contribution in [0.3, 0.4) is 0 Å². The maximum Gasteiger partial charge on any atom is 0.122 e. The van der Waals surface area contributed by atoms with Crippen LogP contribution in [0.4, 0.5) is 0 Å². The van der Waals surface area contributed by atoms with Crippen molar-refractivity contribution in [2.24, 2.45) is 0 Å². The van der Waals surface area contributed by atoms with Crippen molar-refractivity contribution in [3.8, 4) is 5.75 Å². The third kappa shape index (κ3) is 4.67. The number of aryl methyl sites for hydroxylation is 1. The van der Waals surface area contributed by atoms with Gasteiger partial charge in [-0.1, -0.05) is 31.5 Å². The van der Waals surface area contributed by atoms with E-state index in [0.717, 1.165) is 38.2 Å². The fourth-order valence-electron chi connectivity index (χ4n) is 1.62. The highest BCUT2D eigenvalue weighted by Crippen LogP contribution is 2.18. The average Bonchev–Trinajstić information content (AvgIpc) is 2.34. The molecule has 0 aliphatic carbocycles. The molecule has 0 unspecified atom stereocenters. The van der Waals surface area contributed by atoms with E-state index in [2.05, 4.69) is 19.1 Å². The first kappa shape index (κ1) is 13.0. The monoisotopic (exact) mass is 222 g/mol. The van der Waals surface area contributed by atoms with Crippen LogP contribution in [0.1, 0.15) is 31.7 Å². The number of methoxy groups -OCH3 is 1. The van der Waals surface area contributed by atoms with Crippen molar-refractivity contribution in [3.05, 3.63) is 29.8 Å². The standard InChI is InChI=1S/C14H22O2/c1-3-4-11-16-12-7-9-13-8-5-6-10-14(13)15-2/h5-6,8,10H,3-4,7,9,11-12H2,1-2H3. The van der Waals surface area contributed by atoms with E-state index in [1.807, 2.05) is 12.1 Å². The Balaban J connectivity index is 2.21. The summed E-state index contributed by atoms with van der Waals surface area (Å²) >= 11 is 0. The minimum atomic E-state index is 0.845. The van der Waals surface area contributed by atoms with Gasteiger partial charge in [-0.3, -0.25) is 0 Å². The molecule has 90 valence electrons. The van der Waals surface area contributed by atoms with Gasteiger partial charge in [-0.15, -0.1) is 0 Å². The van der Waals surface area contributed by atoms with Gasteiger partial charge in [0.1, 0.15) is 5.75 Å². The molecule has 0 N–H and O–H groups in total. The molecule has 0 atom stereocenters. The Morgan fingerprint density at radius 3 is 2.56 bits per heavy atom. The topological polar surface area (TPSA) is 18.5 Å². The van der Waals surface area contributed by atoms with E-state index in [4.69, 9.17) is 9.47 Å². The minimum absolute atomic E-state index is 0.845. The van der Waals surface area contributed by atoms with Crippen LogP contribution in [0.2, 0.25) is 0 Å². The maximum absolute atomic E-state index is 5.53. The fraction of sp³-hybridized carbons (Fsp3) is 0.571. The van der Waals surface area contributed by atoms with Crippen LogP contribution in [0, 0.1) is 0 Å². The zero-order chi connectivity index (χ0) is 11.6. The third-order valence-corrected chi connectivity index (χ3v) is 2.57. The highest BCUT2D eigenvalue weighted by Gasteiger charge is 2.00. The molecule has 0 saturated carbocycles. The Hall–Kier alpha value is -1.02. The van der Waals surface area contributed by atoms with Crippen molar-refractivity contribution < 1.29 is 9.47 Å². The number of para-hydroxylation sites is 1. The van der Waals surface area contributed by atoms with Crippen molar-refractivity contribution >= 4 is 0 Å². The first-order valence-electron chi connectivity index (χ1n) is 6.08. The highest BCUT2D eigenvalue weighted by molar-refractivity contribution is 5.33. The summed E-state index contributed by atoms with van der Waals surface area (Å²) in [5.41, 5.74) is 1.27. The van der Waals surface area contributed by atoms with E-state index >= 15 is 0 Å². The SMILES string of the molecule is CCCCOCCCc1ccccc1OC. The predicted octanol–water partition coefficient (Wildman–Crippen LogP) is 3.44. The quantitative estimate of drug-likeness (QED) is 0.627. The second-order valence-corrected chi connectivity index (χ2v) is 3.88. The number of rotatable bonds is 8. The molecule has 0 bridgehead atoms. The molecule has 0 fully saturated rings. The summed E-state index contributed by atoms with van der Waals surface area (Å²) in [6.45, 7) is 3.92. The summed E-state index contributed by atoms with van der Waals surface area (Å²) in [5.74, 6) is 0.982. The van der Waals surface area contributed by atoms with E-state index in [-0.39, 0.29) is 0 Å². The zero-order valence-electron chi connectivity index (χ0n) is 10.4. The largest absolute Gasteiger partial charge is 0.496 e. The van der Waals surface area contributed by atoms with Crippen LogP contribution in [-0.2, 0) is 11.2 Å². The number of hydrogen-bond donors (Lipinski definition) is 0. The first-order valence-corrected chi connectivity index (χ1v) is 6.08. The lowest BCUT2D eigenvalue weighted by molar-refractivity contribution is 0.129. The lowest BCUT2D eigenvalue weighted by Crippen LogP contribution is -1.99. The molecular formula is C14H22O2. The van der Waals surface area contributed by atoms with Crippen LogP contribution in [0.15, 0.2) is 24.3 Å². The smallest absolute Gasteiger partial charge is 0.122 e. The van der Waals surface area contributed by atoms with Crippen LogP contribution < -0.4 is 4.74 Å². The van der Waals surface area contributed by atoms with E-state index in [9.17, 15) is 0 Å². The van der Waals surface area contributed by atoms with Crippen molar-refractivity contribution in [2.75, 3.05) is 20.3 Å². The van der Waals surface area contributed by atoms with Crippen LogP contribution in [-0.4, -0.2) is 20.3 Å². The number of hydrogen-bond acceptors (Lipinski definition) is 2. The summed E-state index contributed by atoms with van der Waals surface area (Å²) in [4.78, 5) is 0. The Bertz CT molecular complexity index is 284. The molecule has 0 aromatic heterocycles. The Kier molecular flexibility index (Phi) is 6.66. The Morgan fingerprint density at radius 2 is 1.81 bits per heavy atom. The van der Waals surface area contributed by atoms with Crippen LogP contribution >= 0.6 is 0 Å². The molecule has 0 radical (unpaired) electrons. The summed E-state index contributed by atoms with van der Waals surface area (Å²) < 4.78 is 10.8. The second kappa shape index (κ2) is 8.17. The minimum Gasteiger partial charge on any atom is -0.496 e. The molecule has 2 nitrogen and oxygen atoms in total. The Morgan fingerprint density at radius 1 is 1.06 bits per heavy atom. The molecule has 0 aliphatic rings. The molecule has 0 saturated heterocycles. The van der Waals surface area contributed by atoms with Crippen molar-refractivity contribution in [1.29, 1.82) is 0 Å². The molecule has 1 rings (SSSR count). The normalized spacial score (nSPS) is 10.4. The Labute approximate surface area is 98.6 Å². The predicted molar refractivity (Wildman–Crippen MR) is 67.0 cm³/mol. The van der Waals surface area contributed by atoms with Gasteiger partial charge in [0.2, 0.25) is 0 Å². The number of unbranched alkanes of at least 4 members (excludes halogenated alkanes) is 1. The summed E-state index contributed by atoms with van der Waals surface area (Å²) in [5, 5.41) is 0. The molecule has 0 heterocycles. The van der Waals surface area contributed by atoms with Crippen LogP contribution in [0.5, 0.6) is 5.75 Å². The highest BCUT2D eigenvalue weighted by atomic mass is 16.5. The van der Waals surface area contributed by atoms with Gasteiger partial charge >= 0.3 is 0 Å². The van der Waals surface area contributed by atoms with E-state index in [1.165, 1.54) is 12.0 Å². The third-order valence-electron chi connectivity index (χ3n) is 2.57. The van der Waals surface area contributed by atoms with Crippen molar-refractivity contribution in [1.82, 2.24) is 0 Å². The molecule has 1 aromatic carbocycles. The summed E-state index contributed by atoms with van der Waals surface area (Å²) in [6, 6.07) is 8.17. The van der Waals surface area contributed by atoms with Gasteiger partial charge in [-0.05, 0) is 30.9 Å². The van der Waals surface area contributed by atoms with Crippen molar-refractivity contribution in [2.45, 2.75) is 32.6 Å². The first-order chi connectivity index (χ1) is 7.88. The van der Waals surface area contributed by atoms with Gasteiger partial charge in [0, 0.05) is 13.2 Å². The summed E-state index contributed by atoms with van der Waals surface area (Å²) in [7, 11) is 1.72. The van der Waals surface area contributed by atoms with Gasteiger partial charge in [0.15, 0.2) is 0 Å². The number of ether oxygens (including phenoxy) is 2. The van der Waals surface area contributed by atoms with Gasteiger partial charge < -0.3 is 9.47 Å².